The number of hydrogen-bond acceptors (Lipinski definition) is 8. The molecule has 1 aliphatic heterocycles. The molecule has 0 spiro atoms. The molecule has 0 saturated heterocycles. The fraction of sp³-hybridized carbons (Fsp3) is 0.323. The number of carbonyl (C=O) groups excluding carboxylic acids is 1. The monoisotopic (exact) mass is 564 g/mol. The molecular weight excluding hydrogens is 532 g/mol. The van der Waals surface area contributed by atoms with Gasteiger partial charge < -0.3 is 23.7 Å². The van der Waals surface area contributed by atoms with Gasteiger partial charge in [0.25, 0.3) is 0 Å². The molecule has 210 valence electrons. The molecule has 8 nitrogen and oxygen atoms in total. The molecule has 1 heterocycles. The van der Waals surface area contributed by atoms with E-state index in [1.165, 1.54) is 13.4 Å². The minimum absolute atomic E-state index is 0.0547. The Labute approximate surface area is 235 Å². The maximum absolute atomic E-state index is 11.7. The Morgan fingerprint density at radius 3 is 2.42 bits per heavy atom. The summed E-state index contributed by atoms with van der Waals surface area (Å²) in [5.74, 6) is 8.07. The smallest absolute Gasteiger partial charge is 0.307 e. The summed E-state index contributed by atoms with van der Waals surface area (Å²) < 4.78 is 50.8. The molecule has 0 radical (unpaired) electrons. The number of ether oxygens (including phenoxy) is 5. The van der Waals surface area contributed by atoms with Gasteiger partial charge in [-0.25, -0.2) is 8.42 Å². The van der Waals surface area contributed by atoms with Crippen LogP contribution in [0.3, 0.4) is 0 Å². The van der Waals surface area contributed by atoms with E-state index in [-0.39, 0.29) is 30.9 Å². The van der Waals surface area contributed by atoms with Crippen molar-refractivity contribution in [3.63, 3.8) is 0 Å². The van der Waals surface area contributed by atoms with Crippen LogP contribution >= 0.6 is 0 Å². The Balaban J connectivity index is 1.43. The molecule has 0 aromatic heterocycles. The fourth-order valence-corrected chi connectivity index (χ4v) is 4.89. The Hall–Kier alpha value is -4.16. The van der Waals surface area contributed by atoms with Crippen LogP contribution < -0.4 is 18.9 Å². The standard InChI is InChI=1S/C31H32O8S/c1-4-6-24(18-31(32)35-2)23-8-10-25(11-9-23)37-20-22-7-14-29-28(17-22)27-13-12-26(19-30(27)39-21-38-29)36-15-5-16-40(3,33)34/h7-14,17,19,24H,5,15-16,18,20-21H2,1-3H3. The molecule has 0 amide bonds. The second-order valence-electron chi connectivity index (χ2n) is 9.31. The van der Waals surface area contributed by atoms with Crippen molar-refractivity contribution in [3.8, 4) is 46.0 Å². The normalized spacial score (nSPS) is 12.7. The van der Waals surface area contributed by atoms with Gasteiger partial charge >= 0.3 is 5.97 Å². The first-order valence-corrected chi connectivity index (χ1v) is 14.9. The van der Waals surface area contributed by atoms with Gasteiger partial charge in [-0.15, -0.1) is 5.92 Å². The summed E-state index contributed by atoms with van der Waals surface area (Å²) in [6.45, 7) is 2.43. The predicted octanol–water partition coefficient (Wildman–Crippen LogP) is 5.14. The van der Waals surface area contributed by atoms with Crippen LogP contribution in [0.15, 0.2) is 60.7 Å². The minimum Gasteiger partial charge on any atom is -0.493 e. The lowest BCUT2D eigenvalue weighted by molar-refractivity contribution is -0.140. The molecule has 40 heavy (non-hydrogen) atoms. The van der Waals surface area contributed by atoms with Gasteiger partial charge in [0.2, 0.25) is 6.79 Å². The van der Waals surface area contributed by atoms with E-state index in [0.29, 0.717) is 42.6 Å². The van der Waals surface area contributed by atoms with Crippen LogP contribution in [0.4, 0.5) is 0 Å². The lowest BCUT2D eigenvalue weighted by Crippen LogP contribution is -2.08. The molecule has 0 N–H and O–H groups in total. The third kappa shape index (κ3) is 7.93. The molecule has 1 unspecified atom stereocenters. The van der Waals surface area contributed by atoms with Crippen molar-refractivity contribution in [2.75, 3.05) is 32.5 Å². The molecule has 0 fully saturated rings. The molecule has 9 heteroatoms. The minimum atomic E-state index is -3.02. The van der Waals surface area contributed by atoms with E-state index in [2.05, 4.69) is 11.8 Å². The molecule has 4 rings (SSSR count). The molecule has 3 aromatic carbocycles. The van der Waals surface area contributed by atoms with Crippen LogP contribution in [0.5, 0.6) is 23.0 Å². The van der Waals surface area contributed by atoms with Gasteiger partial charge in [0.1, 0.15) is 39.4 Å². The lowest BCUT2D eigenvalue weighted by atomic mass is 9.96. The Morgan fingerprint density at radius 1 is 0.950 bits per heavy atom. The van der Waals surface area contributed by atoms with Crippen LogP contribution in [0, 0.1) is 11.8 Å². The van der Waals surface area contributed by atoms with Crippen molar-refractivity contribution in [2.45, 2.75) is 32.3 Å². The molecule has 1 atom stereocenters. The number of sulfone groups is 1. The Kier molecular flexibility index (Phi) is 9.56. The van der Waals surface area contributed by atoms with Crippen LogP contribution in [-0.4, -0.2) is 46.9 Å². The third-order valence-electron chi connectivity index (χ3n) is 6.25. The maximum Gasteiger partial charge on any atom is 0.307 e. The quantitative estimate of drug-likeness (QED) is 0.179. The predicted molar refractivity (Wildman–Crippen MR) is 151 cm³/mol. The zero-order valence-electron chi connectivity index (χ0n) is 22.8. The van der Waals surface area contributed by atoms with E-state index in [9.17, 15) is 13.2 Å². The van der Waals surface area contributed by atoms with E-state index in [1.807, 2.05) is 54.6 Å². The highest BCUT2D eigenvalue weighted by molar-refractivity contribution is 7.90. The number of methoxy groups -OCH3 is 1. The summed E-state index contributed by atoms with van der Waals surface area (Å²) >= 11 is 0. The van der Waals surface area contributed by atoms with E-state index in [1.54, 1.807) is 13.0 Å². The van der Waals surface area contributed by atoms with Crippen molar-refractivity contribution in [1.82, 2.24) is 0 Å². The van der Waals surface area contributed by atoms with Crippen molar-refractivity contribution < 1.29 is 36.9 Å². The molecule has 0 saturated carbocycles. The van der Waals surface area contributed by atoms with Gasteiger partial charge in [-0.2, -0.15) is 0 Å². The number of benzene rings is 3. The number of hydrogen-bond donors (Lipinski definition) is 0. The van der Waals surface area contributed by atoms with E-state index < -0.39 is 9.84 Å². The topological polar surface area (TPSA) is 97.4 Å². The van der Waals surface area contributed by atoms with Gasteiger partial charge in [0.15, 0.2) is 0 Å². The molecular formula is C31H32O8S. The van der Waals surface area contributed by atoms with Crippen LogP contribution in [0.2, 0.25) is 0 Å². The largest absolute Gasteiger partial charge is 0.493 e. The van der Waals surface area contributed by atoms with Crippen molar-refractivity contribution >= 4 is 15.8 Å². The van der Waals surface area contributed by atoms with Crippen molar-refractivity contribution in [1.29, 1.82) is 0 Å². The van der Waals surface area contributed by atoms with Gasteiger partial charge in [-0.05, 0) is 60.9 Å². The molecule has 1 aliphatic rings. The maximum atomic E-state index is 11.7. The SMILES string of the molecule is CC#CC(CC(=O)OC)c1ccc(OCc2ccc3c(c2)-c2ccc(OCCCS(C)(=O)=O)cc2OCO3)cc1. The van der Waals surface area contributed by atoms with Gasteiger partial charge in [-0.3, -0.25) is 4.79 Å². The average molecular weight is 565 g/mol. The first-order valence-electron chi connectivity index (χ1n) is 12.8. The highest BCUT2D eigenvalue weighted by Crippen LogP contribution is 2.41. The fourth-order valence-electron chi connectivity index (χ4n) is 4.24. The van der Waals surface area contributed by atoms with E-state index in [0.717, 1.165) is 22.3 Å². The lowest BCUT2D eigenvalue weighted by Gasteiger charge is -2.13. The Morgan fingerprint density at radius 2 is 1.70 bits per heavy atom. The summed E-state index contributed by atoms with van der Waals surface area (Å²) in [5.41, 5.74) is 3.60. The second-order valence-corrected chi connectivity index (χ2v) is 11.6. The molecule has 3 aromatic rings. The molecule has 0 bridgehead atoms. The van der Waals surface area contributed by atoms with E-state index in [4.69, 9.17) is 23.7 Å². The zero-order chi connectivity index (χ0) is 28.5. The first kappa shape index (κ1) is 28.8. The Bertz CT molecular complexity index is 1500. The zero-order valence-corrected chi connectivity index (χ0v) is 23.6. The van der Waals surface area contributed by atoms with Crippen LogP contribution in [0.1, 0.15) is 36.8 Å². The third-order valence-corrected chi connectivity index (χ3v) is 7.28. The van der Waals surface area contributed by atoms with Crippen molar-refractivity contribution in [2.24, 2.45) is 0 Å². The summed E-state index contributed by atoms with van der Waals surface area (Å²) in [6, 6.07) is 18.9. The number of esters is 1. The highest BCUT2D eigenvalue weighted by Gasteiger charge is 2.19. The summed E-state index contributed by atoms with van der Waals surface area (Å²) in [6.07, 6.45) is 1.82. The molecule has 0 aliphatic carbocycles. The van der Waals surface area contributed by atoms with Gasteiger partial charge in [-0.1, -0.05) is 24.1 Å². The second kappa shape index (κ2) is 13.3. The summed E-state index contributed by atoms with van der Waals surface area (Å²) in [7, 11) is -1.65. The van der Waals surface area contributed by atoms with Crippen molar-refractivity contribution in [3.05, 3.63) is 71.8 Å². The summed E-state index contributed by atoms with van der Waals surface area (Å²) in [4.78, 5) is 11.7. The van der Waals surface area contributed by atoms with Crippen LogP contribution in [-0.2, 0) is 26.0 Å². The summed E-state index contributed by atoms with van der Waals surface area (Å²) in [5, 5.41) is 0. The number of carbonyl (C=O) groups is 1. The first-order chi connectivity index (χ1) is 19.3. The number of rotatable bonds is 11. The van der Waals surface area contributed by atoms with E-state index >= 15 is 0 Å². The average Bonchev–Trinajstić information content (AvgIpc) is 3.12. The van der Waals surface area contributed by atoms with Gasteiger partial charge in [0, 0.05) is 23.4 Å². The highest BCUT2D eigenvalue weighted by atomic mass is 32.2. The number of fused-ring (bicyclic) bond motifs is 3. The van der Waals surface area contributed by atoms with Crippen LogP contribution in [0.25, 0.3) is 11.1 Å². The van der Waals surface area contributed by atoms with Gasteiger partial charge in [0.05, 0.1) is 31.8 Å².